The normalized spacial score (nSPS) is 46.7. The van der Waals surface area contributed by atoms with Crippen molar-refractivity contribution < 1.29 is 0 Å². The van der Waals surface area contributed by atoms with Crippen LogP contribution in [-0.4, -0.2) is 0 Å². The predicted molar refractivity (Wildman–Crippen MR) is 563 cm³/mol. The minimum atomic E-state index is 0.653. The van der Waals surface area contributed by atoms with E-state index in [4.69, 9.17) is 0 Å². The summed E-state index contributed by atoms with van der Waals surface area (Å²) in [5.41, 5.74) is 7.55. The lowest BCUT2D eigenvalue weighted by molar-refractivity contribution is 0.0145. The van der Waals surface area contributed by atoms with Crippen LogP contribution in [0.3, 0.4) is 0 Å². The molecule has 25 saturated carbocycles. The molecule has 0 spiro atoms. The van der Waals surface area contributed by atoms with Gasteiger partial charge in [0.15, 0.2) is 0 Å². The van der Waals surface area contributed by atoms with Gasteiger partial charge in [0.2, 0.25) is 0 Å². The van der Waals surface area contributed by atoms with E-state index in [1.807, 2.05) is 0 Å². The van der Waals surface area contributed by atoms with E-state index in [1.165, 1.54) is 341 Å². The van der Waals surface area contributed by atoms with Gasteiger partial charge in [-0.05, 0) is 462 Å². The minimum absolute atomic E-state index is 0.653. The average Bonchev–Trinajstić information content (AvgIpc) is 1.48. The van der Waals surface area contributed by atoms with Crippen molar-refractivity contribution in [1.82, 2.24) is 0 Å². The summed E-state index contributed by atoms with van der Waals surface area (Å²) in [5, 5.41) is 0. The summed E-state index contributed by atoms with van der Waals surface area (Å²) in [4.78, 5) is 0. The molecule has 31 atom stereocenters. The Kier molecular flexibility index (Phi) is 34.2. The van der Waals surface area contributed by atoms with E-state index < -0.39 is 0 Å². The third kappa shape index (κ3) is 24.2. The first-order valence-corrected chi connectivity index (χ1v) is 61.0. The number of fused-ring (bicyclic) bond motifs is 35. The molecule has 746 valence electrons. The third-order valence-electron chi connectivity index (χ3n) is 49.0. The lowest BCUT2D eigenvalue weighted by atomic mass is 9.58. The fourth-order valence-electron chi connectivity index (χ4n) is 41.0. The molecular weight excluding hydrogens is 1550 g/mol. The maximum absolute atomic E-state index is 2.62. The number of hydrogen-bond donors (Lipinski definition) is 0. The molecule has 0 heterocycles. The standard InChI is InChI=1S/C16H26.C15H24.C14H22.C14H26.C12H20.2C12H22.C10H20.C9H18.C8H16.C7H14/c1-9(2)16(3)8-12-7-13(16)15-11-5-4-10(6-11)14(12)15;1-3-15(2)8-11-7-12(15)14-10-5-4-9(6-10)13(11)14;1-14(2)7-10-6-11(14)13-9-4-3-8(5-9)12(10)13;1-11(2)14(3)9-8-12-6-4-5-7-13(12)10-14;1-12(2)7-8-6-11(12)10-5-3-4-9(8)10;1-12(2)9-5-7-10-6-3-4-8-11(10)12;1-12(2)8-7-10-5-3-4-6-11(10)9-12;1-10(2)8-6-4-3-5-7-9-10;1-9(2)7-5-3-4-6-8-9;1-8(2)6-4-3-5-7-8;1-7(2)5-3-4-6-7/h9-15H,4-8H2,1-3H3;9-14H,3-8H2,1-2H3;8-13H,3-7H2,1-2H3;11-13H,4-10H2,1-3H3;8-11H,3-7H2,1-2H3;2*10-11H,3-9H2,1-2H3;3-9H2,1-2H3;3-8H2,1-2H3;3-7H2,1-2H3;3-6H2,1-2H3. The Morgan fingerprint density at radius 2 is 0.550 bits per heavy atom. The van der Waals surface area contributed by atoms with Crippen molar-refractivity contribution in [2.45, 2.75) is 577 Å². The maximum atomic E-state index is 2.62. The zero-order chi connectivity index (χ0) is 92.1. The summed E-state index contributed by atoms with van der Waals surface area (Å²) in [6.07, 6.45) is 97.2. The minimum Gasteiger partial charge on any atom is -0.0649 e. The van der Waals surface area contributed by atoms with Crippen LogP contribution in [0.25, 0.3) is 0 Å². The molecule has 0 saturated heterocycles. The fourth-order valence-corrected chi connectivity index (χ4v) is 41.0. The number of rotatable bonds is 3. The van der Waals surface area contributed by atoms with Crippen LogP contribution in [0.5, 0.6) is 0 Å². The van der Waals surface area contributed by atoms with E-state index in [2.05, 4.69) is 166 Å². The molecule has 0 aromatic heterocycles. The fraction of sp³-hybridized carbons (Fsp3) is 1.00. The van der Waals surface area contributed by atoms with Gasteiger partial charge in [0.1, 0.15) is 0 Å². The van der Waals surface area contributed by atoms with Crippen LogP contribution in [0.2, 0.25) is 0 Å². The van der Waals surface area contributed by atoms with Gasteiger partial charge in [0.25, 0.3) is 0 Å². The van der Waals surface area contributed by atoms with Gasteiger partial charge in [-0.15, -0.1) is 0 Å². The Labute approximate surface area is 808 Å². The van der Waals surface area contributed by atoms with Gasteiger partial charge < -0.3 is 0 Å². The molecule has 0 heteroatoms. The lowest BCUT2D eigenvalue weighted by Gasteiger charge is -2.47. The van der Waals surface area contributed by atoms with Crippen molar-refractivity contribution in [1.29, 1.82) is 0 Å². The van der Waals surface area contributed by atoms with Crippen LogP contribution in [0.4, 0.5) is 0 Å². The SMILES string of the molecule is CC(C)C1(C)CC2CC1C1C3CCC(C3)C21.CC(C)C1(C)CCC2CCCCC2C1.CC1(C)CC2CC1C1C3CCC(C3)C21.CC1(C)CC2CC1C1CCCC21.CC1(C)CCC2CCCCC2C1.CC1(C)CCCC1.CC1(C)CCCC2CCCCC21.CC1(C)CCCCC1.CC1(C)CCCCCC1.CC1(C)CCCCCCC1.CCC1(C)CC2CC1C1C3CCC(C3)C21. The van der Waals surface area contributed by atoms with E-state index in [-0.39, 0.29) is 0 Å². The molecule has 0 nitrogen and oxygen atoms in total. The zero-order valence-corrected chi connectivity index (χ0v) is 92.1. The smallest absolute Gasteiger partial charge is 0.0269 e. The molecule has 0 N–H and O–H groups in total. The van der Waals surface area contributed by atoms with E-state index in [0.717, 1.165) is 112 Å². The first-order chi connectivity index (χ1) is 61.0. The molecule has 0 aromatic carbocycles. The summed E-state index contributed by atoms with van der Waals surface area (Å²) in [7, 11) is 0. The van der Waals surface area contributed by atoms with Crippen LogP contribution in [0, 0.1) is 237 Å². The predicted octanol–water partition coefficient (Wildman–Crippen LogP) is 41.0. The summed E-state index contributed by atoms with van der Waals surface area (Å²) >= 11 is 0. The summed E-state index contributed by atoms with van der Waals surface area (Å²) in [6, 6.07) is 0. The first-order valence-electron chi connectivity index (χ1n) is 61.0. The van der Waals surface area contributed by atoms with E-state index in [0.29, 0.717) is 54.1 Å². The average molecular weight is 1780 g/mol. The molecule has 25 fully saturated rings. The van der Waals surface area contributed by atoms with Crippen molar-refractivity contribution in [3.63, 3.8) is 0 Å². The van der Waals surface area contributed by atoms with Crippen LogP contribution >= 0.6 is 0 Å². The largest absolute Gasteiger partial charge is 0.0649 e. The van der Waals surface area contributed by atoms with Gasteiger partial charge in [-0.1, -0.05) is 352 Å². The van der Waals surface area contributed by atoms with Crippen LogP contribution < -0.4 is 0 Å². The Hall–Kier alpha value is 0. The van der Waals surface area contributed by atoms with Crippen molar-refractivity contribution in [2.75, 3.05) is 0 Å². The molecule has 25 rings (SSSR count). The summed E-state index contributed by atoms with van der Waals surface area (Å²) in [5.74, 6) is 33.9. The second-order valence-corrected chi connectivity index (χ2v) is 61.8. The third-order valence-corrected chi connectivity index (χ3v) is 49.0. The molecule has 129 heavy (non-hydrogen) atoms. The van der Waals surface area contributed by atoms with Crippen LogP contribution in [-0.2, 0) is 0 Å². The molecule has 0 aliphatic heterocycles. The molecule has 25 aliphatic rings. The molecule has 0 radical (unpaired) electrons. The Morgan fingerprint density at radius 3 is 1.02 bits per heavy atom. The van der Waals surface area contributed by atoms with Crippen molar-refractivity contribution >= 4 is 0 Å². The molecule has 0 amide bonds. The van der Waals surface area contributed by atoms with Crippen LogP contribution in [0.1, 0.15) is 577 Å². The molecular formula is C129H230. The Bertz CT molecular complexity index is 3350. The van der Waals surface area contributed by atoms with Gasteiger partial charge in [0.05, 0.1) is 0 Å². The molecule has 25 aliphatic carbocycles. The highest BCUT2D eigenvalue weighted by Crippen LogP contribution is 2.76. The topological polar surface area (TPSA) is 0 Å². The first kappa shape index (κ1) is 103. The second-order valence-electron chi connectivity index (χ2n) is 61.8. The van der Waals surface area contributed by atoms with Gasteiger partial charge in [-0.25, -0.2) is 0 Å². The monoisotopic (exact) mass is 1780 g/mol. The van der Waals surface area contributed by atoms with Crippen molar-refractivity contribution in [3.8, 4) is 0 Å². The van der Waals surface area contributed by atoms with Crippen LogP contribution in [0.15, 0.2) is 0 Å². The second kappa shape index (κ2) is 42.7. The van der Waals surface area contributed by atoms with E-state index >= 15 is 0 Å². The van der Waals surface area contributed by atoms with Crippen molar-refractivity contribution in [2.24, 2.45) is 237 Å². The molecule has 14 bridgehead atoms. The molecule has 0 aromatic rings. The van der Waals surface area contributed by atoms with Gasteiger partial charge >= 0.3 is 0 Å². The number of hydrogen-bond acceptors (Lipinski definition) is 0. The Balaban J connectivity index is 0.000000110. The summed E-state index contributed by atoms with van der Waals surface area (Å²) in [6.45, 7) is 59.1. The summed E-state index contributed by atoms with van der Waals surface area (Å²) < 4.78 is 0. The molecule has 31 unspecified atom stereocenters. The highest BCUT2D eigenvalue weighted by atomic mass is 14.7. The van der Waals surface area contributed by atoms with Gasteiger partial charge in [-0.2, -0.15) is 0 Å². The van der Waals surface area contributed by atoms with E-state index in [1.54, 1.807) is 141 Å². The quantitative estimate of drug-likeness (QED) is 0.195. The van der Waals surface area contributed by atoms with Gasteiger partial charge in [0, 0.05) is 0 Å². The lowest BCUT2D eigenvalue weighted by Crippen LogP contribution is -2.41. The van der Waals surface area contributed by atoms with Crippen molar-refractivity contribution in [3.05, 3.63) is 0 Å². The Morgan fingerprint density at radius 1 is 0.194 bits per heavy atom. The highest BCUT2D eigenvalue weighted by Gasteiger charge is 2.68. The van der Waals surface area contributed by atoms with E-state index in [9.17, 15) is 0 Å². The maximum Gasteiger partial charge on any atom is -0.0269 e. The zero-order valence-electron chi connectivity index (χ0n) is 92.1. The van der Waals surface area contributed by atoms with Gasteiger partial charge in [-0.3, -0.25) is 0 Å². The highest BCUT2D eigenvalue weighted by molar-refractivity contribution is 5.17.